The number of phenols is 2. The van der Waals surface area contributed by atoms with Crippen LogP contribution in [0.2, 0.25) is 0 Å². The fourth-order valence-corrected chi connectivity index (χ4v) is 6.30. The number of phenolic OH excluding ortho intramolecular Hbond substituents is 2. The topological polar surface area (TPSA) is 174 Å². The van der Waals surface area contributed by atoms with Gasteiger partial charge in [0.15, 0.2) is 0 Å². The second-order valence-electron chi connectivity index (χ2n) is 11.4. The van der Waals surface area contributed by atoms with Crippen LogP contribution in [0.4, 0.5) is 0 Å². The first-order chi connectivity index (χ1) is 22.1. The molecule has 0 aliphatic heterocycles. The molecule has 0 aliphatic rings. The highest BCUT2D eigenvalue weighted by Crippen LogP contribution is 2.25. The van der Waals surface area contributed by atoms with E-state index in [4.69, 9.17) is 4.18 Å². The number of unbranched alkanes of at least 4 members (excludes halogenated alkanes) is 3. The molecule has 11 nitrogen and oxygen atoms in total. The number of nitrogens with one attached hydrogen (secondary N) is 4. The quantitative estimate of drug-likeness (QED) is 0.0705. The number of carbonyl (C=O) groups excluding carboxylic acids is 2. The van der Waals surface area contributed by atoms with Crippen molar-refractivity contribution >= 4 is 43.7 Å². The summed E-state index contributed by atoms with van der Waals surface area (Å²) < 4.78 is 29.8. The molecule has 0 saturated carbocycles. The fourth-order valence-electron chi connectivity index (χ4n) is 5.35. The van der Waals surface area contributed by atoms with Gasteiger partial charge in [-0.2, -0.15) is 8.42 Å². The number of aryl methyl sites for hydroxylation is 1. The van der Waals surface area contributed by atoms with Crippen LogP contribution in [0, 0.1) is 6.92 Å². The van der Waals surface area contributed by atoms with E-state index in [0.29, 0.717) is 24.9 Å². The Morgan fingerprint density at radius 1 is 0.826 bits per heavy atom. The Balaban J connectivity index is 1.14. The fraction of sp³-hybridized carbons (Fsp3) is 0.294. The highest BCUT2D eigenvalue weighted by Gasteiger charge is 2.23. The molecule has 2 amide bonds. The van der Waals surface area contributed by atoms with Crippen LogP contribution in [0.5, 0.6) is 11.5 Å². The summed E-state index contributed by atoms with van der Waals surface area (Å²) in [5, 5.41) is 27.2. The number of amides is 2. The number of aromatic hydroxyl groups is 2. The van der Waals surface area contributed by atoms with Gasteiger partial charge < -0.3 is 30.8 Å². The molecule has 0 aliphatic carbocycles. The van der Waals surface area contributed by atoms with E-state index in [9.17, 15) is 28.2 Å². The molecule has 0 fully saturated rings. The summed E-state index contributed by atoms with van der Waals surface area (Å²) in [6, 6.07) is 15.4. The number of benzene rings is 3. The molecule has 2 aromatic heterocycles. The predicted molar refractivity (Wildman–Crippen MR) is 175 cm³/mol. The van der Waals surface area contributed by atoms with Gasteiger partial charge in [0, 0.05) is 47.2 Å². The number of carbonyl (C=O) groups is 2. The SMILES string of the molecule is Cc1ccc(S(=O)(=O)OCCCCCCNC(=O)[C@H](Cc2c[nH]c3ccc(O)cc23)NC(=O)Cc2c[nH]c3ccc(O)cc23)cc1. The Kier molecular flexibility index (Phi) is 10.3. The first kappa shape index (κ1) is 32.6. The Hall–Kier alpha value is -4.81. The van der Waals surface area contributed by atoms with E-state index in [0.717, 1.165) is 45.8 Å². The normalized spacial score (nSPS) is 12.4. The Labute approximate surface area is 267 Å². The van der Waals surface area contributed by atoms with Gasteiger partial charge in [-0.25, -0.2) is 0 Å². The van der Waals surface area contributed by atoms with Crippen LogP contribution in [0.1, 0.15) is 42.4 Å². The number of fused-ring (bicyclic) bond motifs is 2. The van der Waals surface area contributed by atoms with Gasteiger partial charge in [-0.05, 0) is 79.4 Å². The third-order valence-electron chi connectivity index (χ3n) is 7.85. The maximum Gasteiger partial charge on any atom is 0.296 e. The van der Waals surface area contributed by atoms with Crippen molar-refractivity contribution in [1.82, 2.24) is 20.6 Å². The summed E-state index contributed by atoms with van der Waals surface area (Å²) in [4.78, 5) is 32.9. The van der Waals surface area contributed by atoms with Crippen molar-refractivity contribution in [2.45, 2.75) is 56.4 Å². The van der Waals surface area contributed by atoms with Crippen molar-refractivity contribution in [1.29, 1.82) is 0 Å². The Morgan fingerprint density at radius 3 is 2.11 bits per heavy atom. The van der Waals surface area contributed by atoms with Crippen molar-refractivity contribution in [3.05, 3.63) is 89.7 Å². The molecular weight excluding hydrogens is 608 g/mol. The second kappa shape index (κ2) is 14.5. The molecule has 46 heavy (non-hydrogen) atoms. The minimum atomic E-state index is -3.79. The second-order valence-corrected chi connectivity index (χ2v) is 13.0. The van der Waals surface area contributed by atoms with Crippen molar-refractivity contribution in [3.8, 4) is 11.5 Å². The molecule has 1 atom stereocenters. The highest BCUT2D eigenvalue weighted by molar-refractivity contribution is 7.86. The van der Waals surface area contributed by atoms with Gasteiger partial charge in [0.2, 0.25) is 11.8 Å². The van der Waals surface area contributed by atoms with Gasteiger partial charge in [0.1, 0.15) is 17.5 Å². The third kappa shape index (κ3) is 8.26. The zero-order chi connectivity index (χ0) is 32.7. The Morgan fingerprint density at radius 2 is 1.43 bits per heavy atom. The predicted octanol–water partition coefficient (Wildman–Crippen LogP) is 4.72. The van der Waals surface area contributed by atoms with Gasteiger partial charge in [0.25, 0.3) is 10.1 Å². The summed E-state index contributed by atoms with van der Waals surface area (Å²) in [5.41, 5.74) is 4.00. The average molecular weight is 647 g/mol. The molecule has 0 radical (unpaired) electrons. The van der Waals surface area contributed by atoms with Crippen LogP contribution in [0.15, 0.2) is 78.0 Å². The lowest BCUT2D eigenvalue weighted by Gasteiger charge is -2.18. The minimum absolute atomic E-state index is 0.00358. The molecule has 0 spiro atoms. The number of aromatic amines is 2. The minimum Gasteiger partial charge on any atom is -0.508 e. The average Bonchev–Trinajstić information content (AvgIpc) is 3.61. The lowest BCUT2D eigenvalue weighted by molar-refractivity contribution is -0.128. The maximum absolute atomic E-state index is 13.4. The van der Waals surface area contributed by atoms with Crippen LogP contribution < -0.4 is 10.6 Å². The molecule has 5 rings (SSSR count). The van der Waals surface area contributed by atoms with Crippen LogP contribution in [-0.4, -0.2) is 59.6 Å². The van der Waals surface area contributed by atoms with E-state index >= 15 is 0 Å². The number of H-pyrrole nitrogens is 2. The van der Waals surface area contributed by atoms with Crippen molar-refractivity contribution in [3.63, 3.8) is 0 Å². The summed E-state index contributed by atoms with van der Waals surface area (Å²) in [7, 11) is -3.79. The van der Waals surface area contributed by atoms with Gasteiger partial charge in [-0.3, -0.25) is 13.8 Å². The van der Waals surface area contributed by atoms with Crippen LogP contribution in [0.3, 0.4) is 0 Å². The standard InChI is InChI=1S/C34H38N4O7S/c1-22-6-10-27(11-7-22)46(43,44)45-15-5-3-2-4-14-35-34(42)32(16-23-20-36-30-12-8-25(39)18-28(23)30)38-33(41)17-24-21-37-31-13-9-26(40)19-29(24)31/h6-13,18-21,32,36-37,39-40H,2-5,14-17H2,1H3,(H,35,42)(H,38,41)/t32-/m0/s1. The van der Waals surface area contributed by atoms with Crippen LogP contribution in [0.25, 0.3) is 21.8 Å². The Bertz CT molecular complexity index is 1930. The first-order valence-electron chi connectivity index (χ1n) is 15.2. The molecule has 0 unspecified atom stereocenters. The number of aromatic nitrogens is 2. The molecule has 12 heteroatoms. The van der Waals surface area contributed by atoms with Crippen LogP contribution >= 0.6 is 0 Å². The molecule has 2 heterocycles. The number of hydrogen-bond donors (Lipinski definition) is 6. The molecule has 242 valence electrons. The first-order valence-corrected chi connectivity index (χ1v) is 16.6. The summed E-state index contributed by atoms with van der Waals surface area (Å²) >= 11 is 0. The number of rotatable bonds is 15. The summed E-state index contributed by atoms with van der Waals surface area (Å²) in [6.45, 7) is 2.34. The monoisotopic (exact) mass is 646 g/mol. The van der Waals surface area contributed by atoms with E-state index in [1.807, 2.05) is 6.92 Å². The van der Waals surface area contributed by atoms with Gasteiger partial charge >= 0.3 is 0 Å². The molecule has 0 saturated heterocycles. The van der Waals surface area contributed by atoms with E-state index < -0.39 is 16.2 Å². The van der Waals surface area contributed by atoms with E-state index in [-0.39, 0.29) is 47.7 Å². The van der Waals surface area contributed by atoms with Gasteiger partial charge in [-0.15, -0.1) is 0 Å². The lowest BCUT2D eigenvalue weighted by atomic mass is 10.0. The molecule has 5 aromatic rings. The smallest absolute Gasteiger partial charge is 0.296 e. The lowest BCUT2D eigenvalue weighted by Crippen LogP contribution is -2.48. The third-order valence-corrected chi connectivity index (χ3v) is 9.17. The molecule has 0 bridgehead atoms. The van der Waals surface area contributed by atoms with E-state index in [1.54, 1.807) is 60.9 Å². The van der Waals surface area contributed by atoms with Crippen molar-refractivity contribution in [2.24, 2.45) is 0 Å². The van der Waals surface area contributed by atoms with Crippen molar-refractivity contribution in [2.75, 3.05) is 13.2 Å². The highest BCUT2D eigenvalue weighted by atomic mass is 32.2. The summed E-state index contributed by atoms with van der Waals surface area (Å²) in [6.07, 6.45) is 6.36. The molecule has 3 aromatic carbocycles. The summed E-state index contributed by atoms with van der Waals surface area (Å²) in [5.74, 6) is -0.507. The van der Waals surface area contributed by atoms with E-state index in [1.165, 1.54) is 12.1 Å². The van der Waals surface area contributed by atoms with Crippen LogP contribution in [-0.2, 0) is 36.7 Å². The molecule has 6 N–H and O–H groups in total. The van der Waals surface area contributed by atoms with Crippen molar-refractivity contribution < 1.29 is 32.4 Å². The van der Waals surface area contributed by atoms with Gasteiger partial charge in [-0.1, -0.05) is 30.5 Å². The largest absolute Gasteiger partial charge is 0.508 e. The zero-order valence-corrected chi connectivity index (χ0v) is 26.3. The maximum atomic E-state index is 13.4. The zero-order valence-electron chi connectivity index (χ0n) is 25.5. The number of hydrogen-bond acceptors (Lipinski definition) is 7. The molecular formula is C34H38N4O7S. The van der Waals surface area contributed by atoms with Gasteiger partial charge in [0.05, 0.1) is 17.9 Å². The van der Waals surface area contributed by atoms with E-state index in [2.05, 4.69) is 20.6 Å².